The maximum atomic E-state index is 13.3. The number of amidine groups is 1. The minimum Gasteiger partial charge on any atom is -0.463 e. The van der Waals surface area contributed by atoms with E-state index in [2.05, 4.69) is 10.3 Å². The van der Waals surface area contributed by atoms with Crippen molar-refractivity contribution in [2.24, 2.45) is 4.99 Å². The lowest BCUT2D eigenvalue weighted by molar-refractivity contribution is -0.139. The molecule has 0 saturated heterocycles. The van der Waals surface area contributed by atoms with Crippen LogP contribution in [-0.2, 0) is 15.1 Å². The van der Waals surface area contributed by atoms with Crippen LogP contribution in [0.3, 0.4) is 0 Å². The Morgan fingerprint density at radius 3 is 2.75 bits per heavy atom. The summed E-state index contributed by atoms with van der Waals surface area (Å²) in [7, 11) is 0. The fourth-order valence-electron chi connectivity index (χ4n) is 2.51. The van der Waals surface area contributed by atoms with Crippen molar-refractivity contribution >= 4 is 23.1 Å². The van der Waals surface area contributed by atoms with Gasteiger partial charge in [-0.25, -0.2) is 19.2 Å². The van der Waals surface area contributed by atoms with Crippen LogP contribution >= 0.6 is 11.3 Å². The average molecular weight is 345 g/mol. The van der Waals surface area contributed by atoms with E-state index in [0.29, 0.717) is 22.0 Å². The molecule has 0 fully saturated rings. The van der Waals surface area contributed by atoms with E-state index in [1.807, 2.05) is 5.38 Å². The van der Waals surface area contributed by atoms with E-state index in [-0.39, 0.29) is 12.4 Å². The molecule has 1 aromatic carbocycles. The summed E-state index contributed by atoms with van der Waals surface area (Å²) in [5, 5.41) is 5.57. The van der Waals surface area contributed by atoms with E-state index in [9.17, 15) is 9.18 Å². The average Bonchev–Trinajstić information content (AvgIpc) is 3.10. The summed E-state index contributed by atoms with van der Waals surface area (Å²) in [6.07, 6.45) is 3.27. The lowest BCUT2D eigenvalue weighted by Gasteiger charge is -2.31. The molecule has 1 N–H and O–H groups in total. The number of aliphatic imine (C=N–C) groups is 1. The molecule has 0 saturated carbocycles. The summed E-state index contributed by atoms with van der Waals surface area (Å²) >= 11 is 1.44. The number of carbonyl (C=O) groups excluding carboxylic acids is 1. The number of rotatable bonds is 4. The zero-order valence-electron chi connectivity index (χ0n) is 13.2. The predicted molar refractivity (Wildman–Crippen MR) is 90.3 cm³/mol. The number of halogens is 1. The van der Waals surface area contributed by atoms with Crippen LogP contribution in [0.25, 0.3) is 0 Å². The number of thiazole rings is 1. The number of aromatic nitrogens is 1. The highest BCUT2D eigenvalue weighted by Gasteiger charge is 2.39. The van der Waals surface area contributed by atoms with E-state index >= 15 is 0 Å². The maximum absolute atomic E-state index is 13.3. The highest BCUT2D eigenvalue weighted by molar-refractivity contribution is 7.11. The van der Waals surface area contributed by atoms with Gasteiger partial charge in [-0.1, -0.05) is 12.1 Å². The van der Waals surface area contributed by atoms with E-state index in [1.54, 1.807) is 38.4 Å². The van der Waals surface area contributed by atoms with E-state index in [0.717, 1.165) is 0 Å². The van der Waals surface area contributed by atoms with E-state index in [1.165, 1.54) is 23.5 Å². The van der Waals surface area contributed by atoms with Crippen LogP contribution in [0.15, 0.2) is 52.6 Å². The van der Waals surface area contributed by atoms with Crippen molar-refractivity contribution in [3.05, 3.63) is 64.0 Å². The van der Waals surface area contributed by atoms with Gasteiger partial charge in [-0.05, 0) is 31.5 Å². The van der Waals surface area contributed by atoms with Crippen LogP contribution in [0.2, 0.25) is 0 Å². The van der Waals surface area contributed by atoms with Crippen molar-refractivity contribution in [2.45, 2.75) is 19.4 Å². The zero-order chi connectivity index (χ0) is 17.2. The van der Waals surface area contributed by atoms with E-state index in [4.69, 9.17) is 9.73 Å². The number of carbonyl (C=O) groups is 1. The van der Waals surface area contributed by atoms with Gasteiger partial charge in [0.2, 0.25) is 0 Å². The monoisotopic (exact) mass is 345 g/mol. The molecule has 2 heterocycles. The molecule has 124 valence electrons. The maximum Gasteiger partial charge on any atom is 0.338 e. The number of benzene rings is 1. The number of nitrogens with one attached hydrogen (secondary N) is 1. The van der Waals surface area contributed by atoms with Gasteiger partial charge in [0.15, 0.2) is 10.8 Å². The minimum absolute atomic E-state index is 0.263. The Bertz CT molecular complexity index is 800. The third kappa shape index (κ3) is 2.94. The van der Waals surface area contributed by atoms with Gasteiger partial charge in [0.1, 0.15) is 11.4 Å². The molecule has 0 aliphatic carbocycles. The van der Waals surface area contributed by atoms with Crippen LogP contribution < -0.4 is 5.32 Å². The van der Waals surface area contributed by atoms with Crippen molar-refractivity contribution in [3.63, 3.8) is 0 Å². The molecule has 7 heteroatoms. The second-order valence-corrected chi connectivity index (χ2v) is 6.19. The smallest absolute Gasteiger partial charge is 0.338 e. The van der Waals surface area contributed by atoms with E-state index < -0.39 is 11.5 Å². The molecule has 1 unspecified atom stereocenters. The van der Waals surface area contributed by atoms with Crippen molar-refractivity contribution in [2.75, 3.05) is 6.61 Å². The van der Waals surface area contributed by atoms with Crippen molar-refractivity contribution < 1.29 is 13.9 Å². The topological polar surface area (TPSA) is 63.6 Å². The Kier molecular flexibility index (Phi) is 4.44. The number of nitrogens with zero attached hydrogens (tertiary/aromatic N) is 2. The van der Waals surface area contributed by atoms with Crippen LogP contribution in [0.1, 0.15) is 24.4 Å². The van der Waals surface area contributed by atoms with Gasteiger partial charge in [-0.3, -0.25) is 0 Å². The minimum atomic E-state index is -0.994. The quantitative estimate of drug-likeness (QED) is 0.865. The third-order valence-corrected chi connectivity index (χ3v) is 4.53. The summed E-state index contributed by atoms with van der Waals surface area (Å²) in [5.74, 6) is -0.245. The first-order chi connectivity index (χ1) is 11.5. The number of ether oxygens (including phenoxy) is 1. The molecular weight excluding hydrogens is 329 g/mol. The summed E-state index contributed by atoms with van der Waals surface area (Å²) in [6.45, 7) is 3.81. The van der Waals surface area contributed by atoms with Gasteiger partial charge in [-0.15, -0.1) is 11.3 Å². The number of hydrogen-bond acceptors (Lipinski definition) is 6. The van der Waals surface area contributed by atoms with Gasteiger partial charge >= 0.3 is 5.97 Å². The molecular formula is C17H16FN3O2S. The Balaban J connectivity index is 2.08. The first kappa shape index (κ1) is 16.3. The summed E-state index contributed by atoms with van der Waals surface area (Å²) in [6, 6.07) is 5.95. The predicted octanol–water partition coefficient (Wildman–Crippen LogP) is 2.99. The Labute approximate surface area is 142 Å². The van der Waals surface area contributed by atoms with Crippen molar-refractivity contribution in [1.82, 2.24) is 10.3 Å². The molecule has 24 heavy (non-hydrogen) atoms. The van der Waals surface area contributed by atoms with Gasteiger partial charge < -0.3 is 10.1 Å². The molecule has 1 aromatic heterocycles. The Hall–Kier alpha value is -2.54. The largest absolute Gasteiger partial charge is 0.463 e. The van der Waals surface area contributed by atoms with Crippen molar-refractivity contribution in [1.29, 1.82) is 0 Å². The molecule has 5 nitrogen and oxygen atoms in total. The highest BCUT2D eigenvalue weighted by atomic mass is 32.1. The molecule has 0 radical (unpaired) electrons. The zero-order valence-corrected chi connectivity index (χ0v) is 14.1. The van der Waals surface area contributed by atoms with Crippen molar-refractivity contribution in [3.8, 4) is 0 Å². The summed E-state index contributed by atoms with van der Waals surface area (Å²) in [5.41, 5.74) is 0.0571. The highest BCUT2D eigenvalue weighted by Crippen LogP contribution is 2.36. The first-order valence-electron chi connectivity index (χ1n) is 7.44. The fourth-order valence-corrected chi connectivity index (χ4v) is 3.10. The fraction of sp³-hybridized carbons (Fsp3) is 0.235. The first-order valence-corrected chi connectivity index (χ1v) is 8.32. The normalized spacial score (nSPS) is 20.0. The molecule has 1 atom stereocenters. The van der Waals surface area contributed by atoms with Crippen LogP contribution in [0.4, 0.5) is 4.39 Å². The SMILES string of the molecule is CCOC(=O)C1=CNC(c2nccs2)=NC1(C)c1ccc(F)cc1. The van der Waals surface area contributed by atoms with Gasteiger partial charge in [0.25, 0.3) is 0 Å². The summed E-state index contributed by atoms with van der Waals surface area (Å²) < 4.78 is 18.4. The lowest BCUT2D eigenvalue weighted by Crippen LogP contribution is -2.38. The second-order valence-electron chi connectivity index (χ2n) is 5.30. The van der Waals surface area contributed by atoms with Gasteiger partial charge in [0.05, 0.1) is 12.2 Å². The van der Waals surface area contributed by atoms with Crippen LogP contribution in [0, 0.1) is 5.82 Å². The molecule has 0 spiro atoms. The molecule has 2 aromatic rings. The standard InChI is InChI=1S/C17H16FN3O2S/c1-3-23-16(22)13-10-20-14(15-19-8-9-24-15)21-17(13,2)11-4-6-12(18)7-5-11/h4-10H,3H2,1-2H3,(H,20,21). The lowest BCUT2D eigenvalue weighted by atomic mass is 9.84. The number of esters is 1. The van der Waals surface area contributed by atoms with Gasteiger partial charge in [0, 0.05) is 17.8 Å². The molecule has 3 rings (SSSR count). The Morgan fingerprint density at radius 1 is 1.38 bits per heavy atom. The second kappa shape index (κ2) is 6.52. The molecule has 1 aliphatic rings. The van der Waals surface area contributed by atoms with Crippen LogP contribution in [0.5, 0.6) is 0 Å². The van der Waals surface area contributed by atoms with Gasteiger partial charge in [-0.2, -0.15) is 0 Å². The van der Waals surface area contributed by atoms with Crippen LogP contribution in [-0.4, -0.2) is 23.4 Å². The Morgan fingerprint density at radius 2 is 2.12 bits per heavy atom. The third-order valence-electron chi connectivity index (χ3n) is 3.75. The molecule has 0 amide bonds. The molecule has 0 bridgehead atoms. The number of hydrogen-bond donors (Lipinski definition) is 1. The summed E-state index contributed by atoms with van der Waals surface area (Å²) in [4.78, 5) is 21.3. The molecule has 1 aliphatic heterocycles.